The number of anilines is 2. The summed E-state index contributed by atoms with van der Waals surface area (Å²) < 4.78 is 18.1. The van der Waals surface area contributed by atoms with Crippen molar-refractivity contribution in [3.63, 3.8) is 0 Å². The van der Waals surface area contributed by atoms with Crippen LogP contribution in [0.2, 0.25) is 0 Å². The van der Waals surface area contributed by atoms with E-state index in [1.54, 1.807) is 6.92 Å². The monoisotopic (exact) mass is 253 g/mol. The molecule has 0 aliphatic rings. The zero-order valence-electron chi connectivity index (χ0n) is 9.64. The Balaban J connectivity index is 1.93. The van der Waals surface area contributed by atoms with E-state index >= 15 is 0 Å². The lowest BCUT2D eigenvalue weighted by Crippen LogP contribution is -2.14. The van der Waals surface area contributed by atoms with Crippen molar-refractivity contribution >= 4 is 11.8 Å². The van der Waals surface area contributed by atoms with Crippen molar-refractivity contribution in [1.29, 1.82) is 0 Å². The van der Waals surface area contributed by atoms with Crippen LogP contribution in [0.3, 0.4) is 0 Å². The van der Waals surface area contributed by atoms with Gasteiger partial charge in [0, 0.05) is 19.9 Å². The highest BCUT2D eigenvalue weighted by atomic mass is 19.1. The van der Waals surface area contributed by atoms with Gasteiger partial charge in [0.2, 0.25) is 11.8 Å². The van der Waals surface area contributed by atoms with Crippen LogP contribution in [0.25, 0.3) is 0 Å². The quantitative estimate of drug-likeness (QED) is 0.513. The lowest BCUT2D eigenvalue weighted by Gasteiger charge is -2.06. The molecule has 0 unspecified atom stereocenters. The van der Waals surface area contributed by atoms with Crippen molar-refractivity contribution in [3.8, 4) is 0 Å². The number of nitrogens with zero attached hydrogens (tertiary/aromatic N) is 4. The summed E-state index contributed by atoms with van der Waals surface area (Å²) in [5.41, 5.74) is 2.24. The molecule has 0 fully saturated rings. The van der Waals surface area contributed by atoms with Gasteiger partial charge in [0.1, 0.15) is 0 Å². The molecule has 4 N–H and O–H groups in total. The summed E-state index contributed by atoms with van der Waals surface area (Å²) in [5.74, 6) is 5.82. The largest absolute Gasteiger partial charge is 0.367 e. The molecule has 2 heterocycles. The number of hydrogen-bond acceptors (Lipinski definition) is 8. The van der Waals surface area contributed by atoms with E-state index in [9.17, 15) is 4.39 Å². The lowest BCUT2D eigenvalue weighted by molar-refractivity contribution is 0.387. The minimum absolute atomic E-state index is 0.0677. The third-order valence-electron chi connectivity index (χ3n) is 2.08. The summed E-state index contributed by atoms with van der Waals surface area (Å²) in [7, 11) is 0. The smallest absolute Gasteiger partial charge is 0.239 e. The average Bonchev–Trinajstić information content (AvgIpc) is 2.77. The molecule has 0 radical (unpaired) electrons. The van der Waals surface area contributed by atoms with E-state index in [0.717, 1.165) is 6.20 Å². The van der Waals surface area contributed by atoms with E-state index in [0.29, 0.717) is 24.7 Å². The summed E-state index contributed by atoms with van der Waals surface area (Å²) in [6, 6.07) is 0. The van der Waals surface area contributed by atoms with Gasteiger partial charge in [-0.1, -0.05) is 5.16 Å². The van der Waals surface area contributed by atoms with Gasteiger partial charge in [-0.2, -0.15) is 9.97 Å². The second-order valence-corrected chi connectivity index (χ2v) is 3.44. The Morgan fingerprint density at radius 2 is 2.28 bits per heavy atom. The Kier molecular flexibility index (Phi) is 3.63. The van der Waals surface area contributed by atoms with E-state index in [1.807, 2.05) is 0 Å². The highest BCUT2D eigenvalue weighted by molar-refractivity contribution is 5.40. The van der Waals surface area contributed by atoms with Crippen LogP contribution in [0.4, 0.5) is 16.2 Å². The molecule has 0 amide bonds. The highest BCUT2D eigenvalue weighted by Crippen LogP contribution is 2.11. The number of hydrazine groups is 1. The molecule has 0 atom stereocenters. The maximum atomic E-state index is 13.3. The Labute approximate surface area is 102 Å². The van der Waals surface area contributed by atoms with Gasteiger partial charge in [0.15, 0.2) is 17.5 Å². The highest BCUT2D eigenvalue weighted by Gasteiger charge is 2.07. The third kappa shape index (κ3) is 2.88. The predicted octanol–water partition coefficient (Wildman–Crippen LogP) is 0.247. The number of rotatable bonds is 5. The number of nitrogens with two attached hydrogens (primary N) is 1. The maximum Gasteiger partial charge on any atom is 0.239 e. The first-order valence-corrected chi connectivity index (χ1v) is 5.21. The van der Waals surface area contributed by atoms with Crippen LogP contribution >= 0.6 is 0 Å². The first-order chi connectivity index (χ1) is 8.69. The molecule has 0 saturated heterocycles. The number of halogens is 1. The summed E-state index contributed by atoms with van der Waals surface area (Å²) in [5, 5.41) is 6.52. The van der Waals surface area contributed by atoms with Gasteiger partial charge < -0.3 is 9.84 Å². The molecule has 8 nitrogen and oxygen atoms in total. The van der Waals surface area contributed by atoms with E-state index in [1.165, 1.54) is 0 Å². The molecule has 0 spiro atoms. The summed E-state index contributed by atoms with van der Waals surface area (Å²) >= 11 is 0. The summed E-state index contributed by atoms with van der Waals surface area (Å²) in [6.07, 6.45) is 1.52. The van der Waals surface area contributed by atoms with Crippen LogP contribution < -0.4 is 16.6 Å². The van der Waals surface area contributed by atoms with Gasteiger partial charge >= 0.3 is 0 Å². The van der Waals surface area contributed by atoms with Crippen molar-refractivity contribution < 1.29 is 8.91 Å². The molecule has 9 heteroatoms. The van der Waals surface area contributed by atoms with E-state index < -0.39 is 5.82 Å². The lowest BCUT2D eigenvalue weighted by atomic mass is 10.4. The third-order valence-corrected chi connectivity index (χ3v) is 2.08. The van der Waals surface area contributed by atoms with Crippen molar-refractivity contribution in [3.05, 3.63) is 23.7 Å². The molecular weight excluding hydrogens is 241 g/mol. The molecule has 96 valence electrons. The average molecular weight is 253 g/mol. The fourth-order valence-electron chi connectivity index (χ4n) is 1.30. The molecular formula is C9H12FN7O. The molecule has 0 aliphatic carbocycles. The molecule has 2 aromatic heterocycles. The van der Waals surface area contributed by atoms with Crippen molar-refractivity contribution in [2.75, 3.05) is 17.3 Å². The second-order valence-electron chi connectivity index (χ2n) is 3.44. The first-order valence-electron chi connectivity index (χ1n) is 5.21. The molecule has 0 bridgehead atoms. The van der Waals surface area contributed by atoms with Crippen LogP contribution in [0.5, 0.6) is 0 Å². The second kappa shape index (κ2) is 5.36. The topological polar surface area (TPSA) is 115 Å². The van der Waals surface area contributed by atoms with Gasteiger partial charge in [-0.05, 0) is 0 Å². The normalized spacial score (nSPS) is 10.4. The molecule has 0 aliphatic heterocycles. The fourth-order valence-corrected chi connectivity index (χ4v) is 1.30. The minimum atomic E-state index is -0.557. The summed E-state index contributed by atoms with van der Waals surface area (Å²) in [4.78, 5) is 11.5. The van der Waals surface area contributed by atoms with Crippen LogP contribution in [-0.2, 0) is 6.42 Å². The van der Waals surface area contributed by atoms with E-state index in [-0.39, 0.29) is 11.8 Å². The first kappa shape index (κ1) is 12.2. The maximum absolute atomic E-state index is 13.3. The van der Waals surface area contributed by atoms with E-state index in [2.05, 4.69) is 30.9 Å². The van der Waals surface area contributed by atoms with Crippen LogP contribution in [-0.4, -0.2) is 26.7 Å². The molecule has 18 heavy (non-hydrogen) atoms. The van der Waals surface area contributed by atoms with Gasteiger partial charge in [-0.15, -0.1) is 0 Å². The van der Waals surface area contributed by atoms with Crippen LogP contribution in [0.15, 0.2) is 10.7 Å². The number of aryl methyl sites for hydroxylation is 1. The SMILES string of the molecule is Cc1nc(CCNc2nc(NN)ncc2F)no1. The predicted molar refractivity (Wildman–Crippen MR) is 61.0 cm³/mol. The Morgan fingerprint density at radius 3 is 2.94 bits per heavy atom. The Morgan fingerprint density at radius 1 is 1.44 bits per heavy atom. The Bertz CT molecular complexity index is 529. The van der Waals surface area contributed by atoms with Crippen molar-refractivity contribution in [2.24, 2.45) is 5.84 Å². The van der Waals surface area contributed by atoms with E-state index in [4.69, 9.17) is 10.4 Å². The number of nitrogen functional groups attached to an aromatic ring is 1. The van der Waals surface area contributed by atoms with Gasteiger partial charge in [0.25, 0.3) is 0 Å². The fraction of sp³-hybridized carbons (Fsp3) is 0.333. The molecule has 2 aromatic rings. The minimum Gasteiger partial charge on any atom is -0.367 e. The number of hydrogen-bond donors (Lipinski definition) is 3. The van der Waals surface area contributed by atoms with Gasteiger partial charge in [0.05, 0.1) is 6.20 Å². The summed E-state index contributed by atoms with van der Waals surface area (Å²) in [6.45, 7) is 2.12. The van der Waals surface area contributed by atoms with Crippen LogP contribution in [0.1, 0.15) is 11.7 Å². The Hall–Kier alpha value is -2.29. The number of aromatic nitrogens is 4. The van der Waals surface area contributed by atoms with Crippen LogP contribution in [0, 0.1) is 12.7 Å². The zero-order chi connectivity index (χ0) is 13.0. The van der Waals surface area contributed by atoms with Gasteiger partial charge in [-0.3, -0.25) is 5.43 Å². The van der Waals surface area contributed by atoms with Crippen molar-refractivity contribution in [1.82, 2.24) is 20.1 Å². The molecule has 0 aromatic carbocycles. The number of nitrogens with one attached hydrogen (secondary N) is 2. The van der Waals surface area contributed by atoms with Crippen molar-refractivity contribution in [2.45, 2.75) is 13.3 Å². The molecule has 0 saturated carbocycles. The molecule has 2 rings (SSSR count). The zero-order valence-corrected chi connectivity index (χ0v) is 9.64. The van der Waals surface area contributed by atoms with Gasteiger partial charge in [-0.25, -0.2) is 15.2 Å². The standard InChI is InChI=1S/C9H12FN7O/c1-5-14-7(17-18-5)2-3-12-8-6(10)4-13-9(15-8)16-11/h4H,2-3,11H2,1H3,(H2,12,13,15,16).